The van der Waals surface area contributed by atoms with Crippen molar-refractivity contribution in [1.82, 2.24) is 0 Å². The summed E-state index contributed by atoms with van der Waals surface area (Å²) in [6, 6.07) is 7.60. The van der Waals surface area contributed by atoms with Crippen LogP contribution in [0.5, 0.6) is 0 Å². The molecule has 0 radical (unpaired) electrons. The maximum atomic E-state index is 12.8. The number of carbonyl (C=O) groups is 2. The summed E-state index contributed by atoms with van der Waals surface area (Å²) in [5.74, 6) is -0.566. The molecule has 3 rings (SSSR count). The van der Waals surface area contributed by atoms with E-state index in [1.54, 1.807) is 6.92 Å². The number of para-hydroxylation sites is 1. The molecule has 1 aliphatic carbocycles. The van der Waals surface area contributed by atoms with E-state index in [1.165, 1.54) is 0 Å². The predicted molar refractivity (Wildman–Crippen MR) is 92.4 cm³/mol. The first-order valence-corrected chi connectivity index (χ1v) is 8.62. The van der Waals surface area contributed by atoms with Gasteiger partial charge in [0.15, 0.2) is 0 Å². The lowest BCUT2D eigenvalue weighted by molar-refractivity contribution is -0.149. The highest BCUT2D eigenvalue weighted by atomic mass is 127. The number of amides is 1. The quantitative estimate of drug-likeness (QED) is 0.595. The number of esters is 1. The van der Waals surface area contributed by atoms with Gasteiger partial charge in [-0.05, 0) is 67.3 Å². The molecule has 1 saturated carbocycles. The van der Waals surface area contributed by atoms with Crippen molar-refractivity contribution in [3.05, 3.63) is 39.0 Å². The molecule has 22 heavy (non-hydrogen) atoms. The van der Waals surface area contributed by atoms with E-state index in [9.17, 15) is 9.59 Å². The molecule has 116 valence electrons. The number of halogens is 1. The second-order valence-corrected chi connectivity index (χ2v) is 7.04. The van der Waals surface area contributed by atoms with Gasteiger partial charge in [0.25, 0.3) is 5.91 Å². The highest BCUT2D eigenvalue weighted by Crippen LogP contribution is 2.44. The summed E-state index contributed by atoms with van der Waals surface area (Å²) in [7, 11) is 0. The Bertz CT molecular complexity index is 660. The second-order valence-electron chi connectivity index (χ2n) is 5.88. The summed E-state index contributed by atoms with van der Waals surface area (Å²) < 4.78 is 6.60. The van der Waals surface area contributed by atoms with Crippen molar-refractivity contribution < 1.29 is 14.3 Å². The first-order valence-electron chi connectivity index (χ1n) is 7.54. The molecule has 0 saturated heterocycles. The van der Waals surface area contributed by atoms with Crippen LogP contribution in [0, 0.1) is 3.57 Å². The van der Waals surface area contributed by atoms with Crippen LogP contribution in [0.1, 0.15) is 39.0 Å². The van der Waals surface area contributed by atoms with Crippen LogP contribution in [-0.4, -0.2) is 17.5 Å². The molecular weight excluding hydrogens is 393 g/mol. The molecule has 1 fully saturated rings. The van der Waals surface area contributed by atoms with Gasteiger partial charge in [0.1, 0.15) is 5.60 Å². The van der Waals surface area contributed by atoms with Crippen molar-refractivity contribution in [2.45, 2.75) is 44.6 Å². The molecule has 4 nitrogen and oxygen atoms in total. The summed E-state index contributed by atoms with van der Waals surface area (Å²) in [4.78, 5) is 24.8. The standard InChI is InChI=1S/C17H18INO3/c1-11-14(15(20)19-13-8-4-3-7-12(13)18)17(22-16(11)21)9-5-2-6-10-17/h3-4,7-8H,2,5-6,9-10H2,1H3,(H,19,20). The Labute approximate surface area is 143 Å². The lowest BCUT2D eigenvalue weighted by Crippen LogP contribution is -2.39. The van der Waals surface area contributed by atoms with Gasteiger partial charge in [-0.25, -0.2) is 4.79 Å². The molecule has 1 aromatic carbocycles. The fraction of sp³-hybridized carbons (Fsp3) is 0.412. The van der Waals surface area contributed by atoms with Crippen LogP contribution in [0.3, 0.4) is 0 Å². The molecule has 0 unspecified atom stereocenters. The molecule has 2 aliphatic rings. The maximum Gasteiger partial charge on any atom is 0.335 e. The summed E-state index contributed by atoms with van der Waals surface area (Å²) >= 11 is 2.18. The third-order valence-electron chi connectivity index (χ3n) is 4.44. The van der Waals surface area contributed by atoms with E-state index in [-0.39, 0.29) is 11.9 Å². The Morgan fingerprint density at radius 1 is 1.23 bits per heavy atom. The highest BCUT2D eigenvalue weighted by Gasteiger charge is 2.49. The zero-order chi connectivity index (χ0) is 15.7. The third kappa shape index (κ3) is 2.66. The molecule has 1 N–H and O–H groups in total. The van der Waals surface area contributed by atoms with E-state index in [0.717, 1.165) is 41.4 Å². The normalized spacial score (nSPS) is 20.2. The predicted octanol–water partition coefficient (Wildman–Crippen LogP) is 3.81. The lowest BCUT2D eigenvalue weighted by atomic mass is 9.78. The van der Waals surface area contributed by atoms with Crippen molar-refractivity contribution in [2.75, 3.05) is 5.32 Å². The van der Waals surface area contributed by atoms with Gasteiger partial charge >= 0.3 is 5.97 Å². The summed E-state index contributed by atoms with van der Waals surface area (Å²) in [6.07, 6.45) is 4.58. The van der Waals surface area contributed by atoms with Gasteiger partial charge in [-0.15, -0.1) is 0 Å². The Morgan fingerprint density at radius 3 is 2.59 bits per heavy atom. The van der Waals surface area contributed by atoms with Crippen LogP contribution in [0.4, 0.5) is 5.69 Å². The Balaban J connectivity index is 1.92. The van der Waals surface area contributed by atoms with Gasteiger partial charge in [-0.1, -0.05) is 18.6 Å². The Kier molecular flexibility index (Phi) is 4.25. The molecule has 1 aliphatic heterocycles. The van der Waals surface area contributed by atoms with E-state index >= 15 is 0 Å². The zero-order valence-electron chi connectivity index (χ0n) is 12.4. The minimum atomic E-state index is -0.705. The number of nitrogens with one attached hydrogen (secondary N) is 1. The average molecular weight is 411 g/mol. The topological polar surface area (TPSA) is 55.4 Å². The molecule has 1 heterocycles. The van der Waals surface area contributed by atoms with Gasteiger partial charge in [0, 0.05) is 9.14 Å². The number of anilines is 1. The number of hydrogen-bond acceptors (Lipinski definition) is 3. The van der Waals surface area contributed by atoms with Crippen molar-refractivity contribution in [1.29, 1.82) is 0 Å². The maximum absolute atomic E-state index is 12.8. The SMILES string of the molecule is CC1=C(C(=O)Nc2ccccc2I)C2(CCCCC2)OC1=O. The largest absolute Gasteiger partial charge is 0.451 e. The first-order chi connectivity index (χ1) is 10.5. The second kappa shape index (κ2) is 6.02. The fourth-order valence-electron chi connectivity index (χ4n) is 3.35. The van der Waals surface area contributed by atoms with Crippen LogP contribution < -0.4 is 5.32 Å². The summed E-state index contributed by atoms with van der Waals surface area (Å²) in [6.45, 7) is 1.69. The van der Waals surface area contributed by atoms with Gasteiger partial charge in [-0.2, -0.15) is 0 Å². The van der Waals surface area contributed by atoms with Gasteiger partial charge < -0.3 is 10.1 Å². The number of hydrogen-bond donors (Lipinski definition) is 1. The third-order valence-corrected chi connectivity index (χ3v) is 5.38. The van der Waals surface area contributed by atoms with Crippen molar-refractivity contribution in [2.24, 2.45) is 0 Å². The minimum absolute atomic E-state index is 0.214. The molecule has 0 bridgehead atoms. The number of ether oxygens (including phenoxy) is 1. The monoisotopic (exact) mass is 411 g/mol. The summed E-state index contributed by atoms with van der Waals surface area (Å²) in [5, 5.41) is 2.94. The molecule has 1 amide bonds. The molecule has 0 aromatic heterocycles. The first kappa shape index (κ1) is 15.5. The molecular formula is C17H18INO3. The van der Waals surface area contributed by atoms with Crippen molar-refractivity contribution in [3.8, 4) is 0 Å². The van der Waals surface area contributed by atoms with Gasteiger partial charge in [-0.3, -0.25) is 4.79 Å². The van der Waals surface area contributed by atoms with Crippen LogP contribution in [0.25, 0.3) is 0 Å². The van der Waals surface area contributed by atoms with Gasteiger partial charge in [0.2, 0.25) is 0 Å². The average Bonchev–Trinajstić information content (AvgIpc) is 2.73. The minimum Gasteiger partial charge on any atom is -0.451 e. The number of carbonyl (C=O) groups excluding carboxylic acids is 2. The fourth-order valence-corrected chi connectivity index (χ4v) is 3.87. The van der Waals surface area contributed by atoms with E-state index < -0.39 is 5.60 Å². The Hall–Kier alpha value is -1.37. The van der Waals surface area contributed by atoms with E-state index in [4.69, 9.17) is 4.74 Å². The molecule has 1 spiro atoms. The van der Waals surface area contributed by atoms with Crippen molar-refractivity contribution >= 4 is 40.2 Å². The molecule has 0 atom stereocenters. The van der Waals surface area contributed by atoms with Crippen LogP contribution >= 0.6 is 22.6 Å². The van der Waals surface area contributed by atoms with Crippen LogP contribution in [0.15, 0.2) is 35.4 Å². The number of rotatable bonds is 2. The van der Waals surface area contributed by atoms with Crippen LogP contribution in [0.2, 0.25) is 0 Å². The highest BCUT2D eigenvalue weighted by molar-refractivity contribution is 14.1. The Morgan fingerprint density at radius 2 is 1.91 bits per heavy atom. The van der Waals surface area contributed by atoms with Gasteiger partial charge in [0.05, 0.1) is 11.3 Å². The van der Waals surface area contributed by atoms with E-state index in [1.807, 2.05) is 24.3 Å². The van der Waals surface area contributed by atoms with E-state index in [2.05, 4.69) is 27.9 Å². The van der Waals surface area contributed by atoms with E-state index in [0.29, 0.717) is 11.1 Å². The summed E-state index contributed by atoms with van der Waals surface area (Å²) in [5.41, 5.74) is 1.03. The van der Waals surface area contributed by atoms with Crippen LogP contribution in [-0.2, 0) is 14.3 Å². The molecule has 1 aromatic rings. The molecule has 5 heteroatoms. The number of benzene rings is 1. The van der Waals surface area contributed by atoms with Crippen molar-refractivity contribution in [3.63, 3.8) is 0 Å². The smallest absolute Gasteiger partial charge is 0.335 e. The lowest BCUT2D eigenvalue weighted by Gasteiger charge is -2.34. The zero-order valence-corrected chi connectivity index (χ0v) is 14.6.